The number of aryl methyl sites for hydroxylation is 3. The Kier molecular flexibility index (Phi) is 5.22. The predicted octanol–water partition coefficient (Wildman–Crippen LogP) is 2.40. The lowest BCUT2D eigenvalue weighted by molar-refractivity contribution is 0.122. The smallest absolute Gasteiger partial charge is 0.227 e. The van der Waals surface area contributed by atoms with Gasteiger partial charge in [-0.3, -0.25) is 4.68 Å². The van der Waals surface area contributed by atoms with Gasteiger partial charge in [0.25, 0.3) is 0 Å². The van der Waals surface area contributed by atoms with Crippen molar-refractivity contribution >= 4 is 11.8 Å². The predicted molar refractivity (Wildman–Crippen MR) is 99.2 cm³/mol. The van der Waals surface area contributed by atoms with Crippen molar-refractivity contribution in [3.63, 3.8) is 0 Å². The Balaban J connectivity index is 1.85. The second-order valence-electron chi connectivity index (χ2n) is 6.57. The molecule has 1 atom stereocenters. The van der Waals surface area contributed by atoms with Crippen LogP contribution in [0.1, 0.15) is 42.5 Å². The fraction of sp³-hybridized carbons (Fsp3) is 0.611. The summed E-state index contributed by atoms with van der Waals surface area (Å²) in [7, 11) is 1.98. The van der Waals surface area contributed by atoms with Gasteiger partial charge >= 0.3 is 0 Å². The van der Waals surface area contributed by atoms with Crippen LogP contribution >= 0.6 is 0 Å². The molecule has 0 aliphatic carbocycles. The normalized spacial score (nSPS) is 16.1. The van der Waals surface area contributed by atoms with E-state index in [9.17, 15) is 0 Å². The van der Waals surface area contributed by atoms with Gasteiger partial charge in [-0.2, -0.15) is 10.1 Å². The van der Waals surface area contributed by atoms with Gasteiger partial charge in [0.1, 0.15) is 5.82 Å². The van der Waals surface area contributed by atoms with Crippen LogP contribution in [0.25, 0.3) is 0 Å². The molecule has 0 amide bonds. The third-order valence-electron chi connectivity index (χ3n) is 4.79. The summed E-state index contributed by atoms with van der Waals surface area (Å²) in [6.07, 6.45) is 0.883. The summed E-state index contributed by atoms with van der Waals surface area (Å²) in [5, 5.41) is 8.06. The maximum atomic E-state index is 5.44. The number of morpholine rings is 1. The number of ether oxygens (including phenoxy) is 1. The molecule has 7 nitrogen and oxygen atoms in total. The van der Waals surface area contributed by atoms with E-state index in [2.05, 4.69) is 43.0 Å². The van der Waals surface area contributed by atoms with Crippen LogP contribution < -0.4 is 10.2 Å². The molecule has 0 spiro atoms. The Hall–Kier alpha value is -2.15. The molecule has 1 fully saturated rings. The number of hydrogen-bond acceptors (Lipinski definition) is 6. The van der Waals surface area contributed by atoms with Gasteiger partial charge in [0.05, 0.1) is 24.9 Å². The number of rotatable bonds is 5. The quantitative estimate of drug-likeness (QED) is 0.898. The zero-order valence-corrected chi connectivity index (χ0v) is 15.8. The van der Waals surface area contributed by atoms with Gasteiger partial charge in [0.15, 0.2) is 0 Å². The standard InChI is InChI=1S/C18H28N6O/c1-6-15-11-16(21-18(20-15)24-7-9-25-10-8-24)19-12(2)17-13(3)22-23(5)14(17)4/h11-12H,6-10H2,1-5H3,(H,19,20,21)/t12-/m1/s1. The van der Waals surface area contributed by atoms with Gasteiger partial charge in [0.2, 0.25) is 5.95 Å². The van der Waals surface area contributed by atoms with Crippen molar-refractivity contribution < 1.29 is 4.74 Å². The lowest BCUT2D eigenvalue weighted by atomic mass is 10.1. The lowest BCUT2D eigenvalue weighted by Gasteiger charge is -2.27. The average Bonchev–Trinajstić information content (AvgIpc) is 2.87. The zero-order chi connectivity index (χ0) is 18.0. The summed E-state index contributed by atoms with van der Waals surface area (Å²) in [6.45, 7) is 11.6. The fourth-order valence-corrected chi connectivity index (χ4v) is 3.35. The number of aromatic nitrogens is 4. The minimum atomic E-state index is 0.130. The molecule has 3 heterocycles. The van der Waals surface area contributed by atoms with Crippen LogP contribution in [0, 0.1) is 13.8 Å². The minimum absolute atomic E-state index is 0.130. The molecular formula is C18H28N6O. The summed E-state index contributed by atoms with van der Waals surface area (Å²) in [4.78, 5) is 11.6. The first-order chi connectivity index (χ1) is 12.0. The van der Waals surface area contributed by atoms with E-state index in [4.69, 9.17) is 14.7 Å². The van der Waals surface area contributed by atoms with E-state index >= 15 is 0 Å². The topological polar surface area (TPSA) is 68.1 Å². The van der Waals surface area contributed by atoms with E-state index in [1.54, 1.807) is 0 Å². The van der Waals surface area contributed by atoms with E-state index in [0.717, 1.165) is 55.9 Å². The highest BCUT2D eigenvalue weighted by atomic mass is 16.5. The van der Waals surface area contributed by atoms with Crippen molar-refractivity contribution in [2.75, 3.05) is 36.5 Å². The van der Waals surface area contributed by atoms with Gasteiger partial charge in [-0.05, 0) is 27.2 Å². The van der Waals surface area contributed by atoms with E-state index in [1.165, 1.54) is 11.3 Å². The zero-order valence-electron chi connectivity index (χ0n) is 15.8. The largest absolute Gasteiger partial charge is 0.378 e. The first-order valence-electron chi connectivity index (χ1n) is 8.96. The molecule has 1 saturated heterocycles. The first-order valence-corrected chi connectivity index (χ1v) is 8.96. The third kappa shape index (κ3) is 3.76. The van der Waals surface area contributed by atoms with Crippen LogP contribution in [0.2, 0.25) is 0 Å². The molecule has 136 valence electrons. The number of nitrogens with zero attached hydrogens (tertiary/aromatic N) is 5. The molecule has 0 radical (unpaired) electrons. The molecule has 1 aliphatic rings. The van der Waals surface area contributed by atoms with Crippen molar-refractivity contribution in [2.45, 2.75) is 40.2 Å². The monoisotopic (exact) mass is 344 g/mol. The summed E-state index contributed by atoms with van der Waals surface area (Å²) in [5.41, 5.74) is 4.51. The first kappa shape index (κ1) is 17.7. The number of anilines is 2. The summed E-state index contributed by atoms with van der Waals surface area (Å²) < 4.78 is 7.37. The molecule has 0 aromatic carbocycles. The molecule has 0 saturated carbocycles. The molecule has 1 aliphatic heterocycles. The Morgan fingerprint density at radius 3 is 2.56 bits per heavy atom. The van der Waals surface area contributed by atoms with Crippen LogP contribution in [0.4, 0.5) is 11.8 Å². The molecule has 0 bridgehead atoms. The maximum Gasteiger partial charge on any atom is 0.227 e. The molecule has 2 aromatic rings. The molecular weight excluding hydrogens is 316 g/mol. The molecule has 0 unspecified atom stereocenters. The van der Waals surface area contributed by atoms with Gasteiger partial charge < -0.3 is 15.0 Å². The molecule has 3 rings (SSSR count). The Morgan fingerprint density at radius 2 is 1.96 bits per heavy atom. The Bertz CT molecular complexity index is 735. The molecule has 2 aromatic heterocycles. The summed E-state index contributed by atoms with van der Waals surface area (Å²) in [5.74, 6) is 1.65. The molecule has 1 N–H and O–H groups in total. The fourth-order valence-electron chi connectivity index (χ4n) is 3.35. The van der Waals surface area contributed by atoms with E-state index in [0.29, 0.717) is 0 Å². The van der Waals surface area contributed by atoms with Gasteiger partial charge in [-0.15, -0.1) is 0 Å². The van der Waals surface area contributed by atoms with Crippen molar-refractivity contribution in [3.8, 4) is 0 Å². The van der Waals surface area contributed by atoms with E-state index < -0.39 is 0 Å². The average molecular weight is 344 g/mol. The van der Waals surface area contributed by atoms with Crippen molar-refractivity contribution in [2.24, 2.45) is 7.05 Å². The van der Waals surface area contributed by atoms with Crippen molar-refractivity contribution in [3.05, 3.63) is 28.7 Å². The number of hydrogen-bond donors (Lipinski definition) is 1. The van der Waals surface area contributed by atoms with Crippen LogP contribution in [0.5, 0.6) is 0 Å². The Labute approximate surface area is 149 Å². The lowest BCUT2D eigenvalue weighted by Crippen LogP contribution is -2.37. The maximum absolute atomic E-state index is 5.44. The van der Waals surface area contributed by atoms with Crippen LogP contribution in [-0.2, 0) is 18.2 Å². The molecule has 7 heteroatoms. The van der Waals surface area contributed by atoms with Crippen LogP contribution in [-0.4, -0.2) is 46.1 Å². The summed E-state index contributed by atoms with van der Waals surface area (Å²) >= 11 is 0. The van der Waals surface area contributed by atoms with Gasteiger partial charge in [-0.25, -0.2) is 4.98 Å². The van der Waals surface area contributed by atoms with Gasteiger partial charge in [0, 0.05) is 43.2 Å². The minimum Gasteiger partial charge on any atom is -0.378 e. The van der Waals surface area contributed by atoms with Crippen LogP contribution in [0.3, 0.4) is 0 Å². The second kappa shape index (κ2) is 7.39. The van der Waals surface area contributed by atoms with Crippen LogP contribution in [0.15, 0.2) is 6.07 Å². The highest BCUT2D eigenvalue weighted by molar-refractivity contribution is 5.46. The SMILES string of the molecule is CCc1cc(N[C@H](C)c2c(C)nn(C)c2C)nc(N2CCOCC2)n1. The second-order valence-corrected chi connectivity index (χ2v) is 6.57. The van der Waals surface area contributed by atoms with Crippen molar-refractivity contribution in [1.29, 1.82) is 0 Å². The highest BCUT2D eigenvalue weighted by Crippen LogP contribution is 2.25. The van der Waals surface area contributed by atoms with E-state index in [-0.39, 0.29) is 6.04 Å². The summed E-state index contributed by atoms with van der Waals surface area (Å²) in [6, 6.07) is 2.17. The highest BCUT2D eigenvalue weighted by Gasteiger charge is 2.19. The number of nitrogens with one attached hydrogen (secondary N) is 1. The van der Waals surface area contributed by atoms with E-state index in [1.807, 2.05) is 17.8 Å². The Morgan fingerprint density at radius 1 is 1.24 bits per heavy atom. The van der Waals surface area contributed by atoms with Gasteiger partial charge in [-0.1, -0.05) is 6.92 Å². The van der Waals surface area contributed by atoms with Crippen molar-refractivity contribution in [1.82, 2.24) is 19.7 Å². The third-order valence-corrected chi connectivity index (χ3v) is 4.79. The molecule has 25 heavy (non-hydrogen) atoms.